The van der Waals surface area contributed by atoms with Gasteiger partial charge in [0.15, 0.2) is 0 Å². The van der Waals surface area contributed by atoms with Crippen molar-refractivity contribution in [3.8, 4) is 0 Å². The molecule has 0 spiro atoms. The number of hydrazine groups is 1. The van der Waals surface area contributed by atoms with Gasteiger partial charge in [0.25, 0.3) is 0 Å². The summed E-state index contributed by atoms with van der Waals surface area (Å²) in [6.07, 6.45) is 4.55. The van der Waals surface area contributed by atoms with Gasteiger partial charge in [0.1, 0.15) is 5.82 Å². The molecule has 0 atom stereocenters. The molecular formula is C10H16N4. The van der Waals surface area contributed by atoms with Gasteiger partial charge < -0.3 is 5.43 Å². The molecule has 2 rings (SSSR count). The zero-order chi connectivity index (χ0) is 9.97. The summed E-state index contributed by atoms with van der Waals surface area (Å²) in [5, 5.41) is 0. The fraction of sp³-hybridized carbons (Fsp3) is 0.500. The summed E-state index contributed by atoms with van der Waals surface area (Å²) in [6, 6.07) is 4.75. The molecule has 1 aliphatic rings. The lowest BCUT2D eigenvalue weighted by Gasteiger charge is -2.15. The van der Waals surface area contributed by atoms with Gasteiger partial charge in [0.2, 0.25) is 0 Å². The summed E-state index contributed by atoms with van der Waals surface area (Å²) in [5.74, 6) is 5.95. The van der Waals surface area contributed by atoms with Crippen LogP contribution in [0.4, 0.5) is 5.82 Å². The molecule has 1 aromatic rings. The van der Waals surface area contributed by atoms with Gasteiger partial charge >= 0.3 is 0 Å². The molecule has 0 aromatic carbocycles. The minimum atomic E-state index is 0.711. The smallest absolute Gasteiger partial charge is 0.139 e. The number of nitrogens with two attached hydrogens (primary N) is 1. The quantitative estimate of drug-likeness (QED) is 0.551. The number of hydrogen-bond donors (Lipinski definition) is 2. The SMILES string of the molecule is CN(Cc1ccc(NN)nc1)C1CC1. The zero-order valence-electron chi connectivity index (χ0n) is 8.40. The van der Waals surface area contributed by atoms with E-state index in [-0.39, 0.29) is 0 Å². The normalized spacial score (nSPS) is 15.9. The van der Waals surface area contributed by atoms with Crippen LogP contribution in [0.3, 0.4) is 0 Å². The molecular weight excluding hydrogens is 176 g/mol. The molecule has 4 heteroatoms. The third kappa shape index (κ3) is 2.21. The standard InChI is InChI=1S/C10H16N4/c1-14(9-3-4-9)7-8-2-5-10(13-11)12-6-8/h2,5-6,9H,3-4,7,11H2,1H3,(H,12,13). The van der Waals surface area contributed by atoms with Crippen LogP contribution in [-0.4, -0.2) is 23.0 Å². The molecule has 14 heavy (non-hydrogen) atoms. The molecule has 1 fully saturated rings. The second-order valence-corrected chi connectivity index (χ2v) is 3.84. The molecule has 4 nitrogen and oxygen atoms in total. The van der Waals surface area contributed by atoms with Crippen molar-refractivity contribution >= 4 is 5.82 Å². The summed E-state index contributed by atoms with van der Waals surface area (Å²) in [5.41, 5.74) is 3.75. The summed E-state index contributed by atoms with van der Waals surface area (Å²) in [7, 11) is 2.16. The second kappa shape index (κ2) is 3.94. The zero-order valence-corrected chi connectivity index (χ0v) is 8.40. The van der Waals surface area contributed by atoms with Gasteiger partial charge in [-0.25, -0.2) is 10.8 Å². The Bertz CT molecular complexity index is 291. The molecule has 0 unspecified atom stereocenters. The van der Waals surface area contributed by atoms with Gasteiger partial charge in [-0.05, 0) is 31.5 Å². The first-order valence-electron chi connectivity index (χ1n) is 4.91. The number of nitrogens with one attached hydrogen (secondary N) is 1. The lowest BCUT2D eigenvalue weighted by Crippen LogP contribution is -2.20. The van der Waals surface area contributed by atoms with Crippen LogP contribution in [0.25, 0.3) is 0 Å². The number of pyridine rings is 1. The minimum Gasteiger partial charge on any atom is -0.308 e. The van der Waals surface area contributed by atoms with Gasteiger partial charge in [-0.2, -0.15) is 0 Å². The Balaban J connectivity index is 1.95. The van der Waals surface area contributed by atoms with Crippen molar-refractivity contribution in [1.29, 1.82) is 0 Å². The average Bonchev–Trinajstić information content (AvgIpc) is 3.02. The Morgan fingerprint density at radius 1 is 1.57 bits per heavy atom. The maximum Gasteiger partial charge on any atom is 0.139 e. The Hall–Kier alpha value is -1.13. The third-order valence-electron chi connectivity index (χ3n) is 2.57. The van der Waals surface area contributed by atoms with Crippen LogP contribution in [0.1, 0.15) is 18.4 Å². The van der Waals surface area contributed by atoms with Crippen LogP contribution >= 0.6 is 0 Å². The van der Waals surface area contributed by atoms with Gasteiger partial charge in [0, 0.05) is 18.8 Å². The number of rotatable bonds is 4. The topological polar surface area (TPSA) is 54.2 Å². The van der Waals surface area contributed by atoms with Gasteiger partial charge in [-0.1, -0.05) is 6.07 Å². The van der Waals surface area contributed by atoms with Crippen LogP contribution in [0, 0.1) is 0 Å². The number of nitrogens with zero attached hydrogens (tertiary/aromatic N) is 2. The van der Waals surface area contributed by atoms with Crippen molar-refractivity contribution < 1.29 is 0 Å². The van der Waals surface area contributed by atoms with Gasteiger partial charge in [-0.3, -0.25) is 4.90 Å². The molecule has 0 radical (unpaired) electrons. The predicted octanol–water partition coefficient (Wildman–Crippen LogP) is 0.961. The molecule has 0 amide bonds. The molecule has 3 N–H and O–H groups in total. The molecule has 76 valence electrons. The van der Waals surface area contributed by atoms with Crippen molar-refractivity contribution in [2.75, 3.05) is 12.5 Å². The van der Waals surface area contributed by atoms with E-state index in [1.54, 1.807) is 0 Å². The van der Waals surface area contributed by atoms with E-state index in [2.05, 4.69) is 28.4 Å². The lowest BCUT2D eigenvalue weighted by molar-refractivity contribution is 0.316. The maximum atomic E-state index is 5.24. The van der Waals surface area contributed by atoms with Gasteiger partial charge in [0.05, 0.1) is 0 Å². The van der Waals surface area contributed by atoms with Crippen LogP contribution < -0.4 is 11.3 Å². The Labute approximate surface area is 84.1 Å². The predicted molar refractivity (Wildman–Crippen MR) is 56.5 cm³/mol. The van der Waals surface area contributed by atoms with E-state index >= 15 is 0 Å². The first kappa shape index (κ1) is 9.43. The highest BCUT2D eigenvalue weighted by Gasteiger charge is 2.25. The fourth-order valence-corrected chi connectivity index (χ4v) is 1.54. The van der Waals surface area contributed by atoms with E-state index in [1.807, 2.05) is 12.3 Å². The average molecular weight is 192 g/mol. The third-order valence-corrected chi connectivity index (χ3v) is 2.57. The van der Waals surface area contributed by atoms with E-state index in [0.29, 0.717) is 5.82 Å². The van der Waals surface area contributed by atoms with Crippen LogP contribution in [-0.2, 0) is 6.54 Å². The summed E-state index contributed by atoms with van der Waals surface area (Å²) < 4.78 is 0. The molecule has 1 aromatic heterocycles. The molecule has 1 heterocycles. The second-order valence-electron chi connectivity index (χ2n) is 3.84. The minimum absolute atomic E-state index is 0.711. The first-order chi connectivity index (χ1) is 6.79. The van der Waals surface area contributed by atoms with Crippen molar-refractivity contribution in [1.82, 2.24) is 9.88 Å². The maximum absolute atomic E-state index is 5.24. The van der Waals surface area contributed by atoms with E-state index in [9.17, 15) is 0 Å². The number of hydrogen-bond acceptors (Lipinski definition) is 4. The van der Waals surface area contributed by atoms with Crippen molar-refractivity contribution in [2.45, 2.75) is 25.4 Å². The molecule has 0 aliphatic heterocycles. The number of nitrogen functional groups attached to an aromatic ring is 1. The highest BCUT2D eigenvalue weighted by atomic mass is 15.2. The summed E-state index contributed by atoms with van der Waals surface area (Å²) >= 11 is 0. The molecule has 0 bridgehead atoms. The van der Waals surface area contributed by atoms with Crippen LogP contribution in [0.5, 0.6) is 0 Å². The lowest BCUT2D eigenvalue weighted by atomic mass is 10.2. The van der Waals surface area contributed by atoms with Crippen LogP contribution in [0.2, 0.25) is 0 Å². The van der Waals surface area contributed by atoms with E-state index in [1.165, 1.54) is 18.4 Å². The number of aromatic nitrogens is 1. The fourth-order valence-electron chi connectivity index (χ4n) is 1.54. The monoisotopic (exact) mass is 192 g/mol. The Kier molecular flexibility index (Phi) is 2.65. The molecule has 0 saturated heterocycles. The largest absolute Gasteiger partial charge is 0.308 e. The Morgan fingerprint density at radius 3 is 2.86 bits per heavy atom. The van der Waals surface area contributed by atoms with Gasteiger partial charge in [-0.15, -0.1) is 0 Å². The van der Waals surface area contributed by atoms with Crippen molar-refractivity contribution in [3.05, 3.63) is 23.9 Å². The highest BCUT2D eigenvalue weighted by molar-refractivity contribution is 5.33. The van der Waals surface area contributed by atoms with Crippen molar-refractivity contribution in [3.63, 3.8) is 0 Å². The summed E-state index contributed by atoms with van der Waals surface area (Å²) in [6.45, 7) is 0.975. The first-order valence-corrected chi connectivity index (χ1v) is 4.91. The van der Waals surface area contributed by atoms with E-state index in [4.69, 9.17) is 5.84 Å². The molecule has 1 saturated carbocycles. The summed E-state index contributed by atoms with van der Waals surface area (Å²) in [4.78, 5) is 6.53. The van der Waals surface area contributed by atoms with E-state index in [0.717, 1.165) is 12.6 Å². The Morgan fingerprint density at radius 2 is 2.36 bits per heavy atom. The number of anilines is 1. The van der Waals surface area contributed by atoms with E-state index < -0.39 is 0 Å². The van der Waals surface area contributed by atoms with Crippen LogP contribution in [0.15, 0.2) is 18.3 Å². The van der Waals surface area contributed by atoms with Crippen molar-refractivity contribution in [2.24, 2.45) is 5.84 Å². The highest BCUT2D eigenvalue weighted by Crippen LogP contribution is 2.26. The molecule has 1 aliphatic carbocycles.